The van der Waals surface area contributed by atoms with E-state index >= 15 is 0 Å². The molecular formula is C39H53N7O6S2. The fourth-order valence-electron chi connectivity index (χ4n) is 5.91. The number of nitrogens with zero attached hydrogens (tertiary/aromatic N) is 3. The minimum atomic E-state index is -1.14. The van der Waals surface area contributed by atoms with Gasteiger partial charge in [0, 0.05) is 54.6 Å². The van der Waals surface area contributed by atoms with Crippen LogP contribution in [0.1, 0.15) is 60.9 Å². The van der Waals surface area contributed by atoms with Crippen molar-refractivity contribution in [2.24, 2.45) is 5.73 Å². The molecule has 2 aromatic carbocycles. The third kappa shape index (κ3) is 14.3. The van der Waals surface area contributed by atoms with Gasteiger partial charge in [-0.25, -0.2) is 14.6 Å². The van der Waals surface area contributed by atoms with E-state index in [4.69, 9.17) is 15.2 Å². The molecule has 292 valence electrons. The molecule has 0 bridgehead atoms. The van der Waals surface area contributed by atoms with E-state index in [1.54, 1.807) is 23.3 Å². The summed E-state index contributed by atoms with van der Waals surface area (Å²) < 4.78 is 10.7. The van der Waals surface area contributed by atoms with Crippen molar-refractivity contribution in [1.82, 2.24) is 30.7 Å². The first-order chi connectivity index (χ1) is 26.0. The molecule has 1 aromatic heterocycles. The summed E-state index contributed by atoms with van der Waals surface area (Å²) in [6.07, 6.45) is 2.41. The van der Waals surface area contributed by atoms with E-state index in [1.807, 2.05) is 66.0 Å². The molecule has 54 heavy (non-hydrogen) atoms. The predicted octanol–water partition coefficient (Wildman–Crippen LogP) is 4.60. The number of thiazole rings is 1. The monoisotopic (exact) mass is 779 g/mol. The van der Waals surface area contributed by atoms with E-state index < -0.39 is 30.1 Å². The van der Waals surface area contributed by atoms with Crippen LogP contribution in [0, 0.1) is 0 Å². The van der Waals surface area contributed by atoms with Crippen LogP contribution in [0.5, 0.6) is 0 Å². The Morgan fingerprint density at radius 3 is 2.11 bits per heavy atom. The number of morpholine rings is 1. The standard InChI is InChI=1S/C39H53N7O6S2/c1-27(2)37-42-32(26-54-37)24-45(3)38(49)44-34(22-35(47)46-16-18-51-19-17-46)36(48)41-30(20-28-10-6-4-7-11-28)14-15-31(21-29-12-8-5-9-13-29)43-39(50)52-25-33(53)23-40/h4-13,23,26-27,30-31,34,53H,14-22,24-25,40H2,1-3H3,(H,41,48)(H,43,50)(H,44,49)/b33-23-. The Morgan fingerprint density at radius 1 is 0.963 bits per heavy atom. The zero-order chi connectivity index (χ0) is 38.9. The summed E-state index contributed by atoms with van der Waals surface area (Å²) in [7, 11) is 1.63. The number of amides is 5. The first-order valence-corrected chi connectivity index (χ1v) is 19.6. The summed E-state index contributed by atoms with van der Waals surface area (Å²) in [5, 5.41) is 11.9. The highest BCUT2D eigenvalue weighted by Crippen LogP contribution is 2.20. The lowest BCUT2D eigenvalue weighted by Crippen LogP contribution is -2.55. The number of thiol groups is 1. The summed E-state index contributed by atoms with van der Waals surface area (Å²) in [6, 6.07) is 17.1. The van der Waals surface area contributed by atoms with Crippen molar-refractivity contribution in [3.8, 4) is 0 Å². The summed E-state index contributed by atoms with van der Waals surface area (Å²) >= 11 is 5.72. The number of benzene rings is 2. The lowest BCUT2D eigenvalue weighted by Gasteiger charge is -2.30. The SMILES string of the molecule is CC(C)c1nc(CN(C)C(=O)NC(CC(=O)N2CCOCC2)C(=O)NC(CCC(Cc2ccccc2)NC(=O)OC/C(S)=C/N)Cc2ccccc2)cs1. The number of ether oxygens (including phenoxy) is 2. The van der Waals surface area contributed by atoms with Crippen LogP contribution in [0.2, 0.25) is 0 Å². The molecule has 3 atom stereocenters. The number of carbonyl (C=O) groups is 4. The van der Waals surface area contributed by atoms with Crippen molar-refractivity contribution < 1.29 is 28.7 Å². The molecular weight excluding hydrogens is 727 g/mol. The number of hydrogen-bond donors (Lipinski definition) is 5. The molecule has 1 fully saturated rings. The second kappa shape index (κ2) is 21.9. The maximum Gasteiger partial charge on any atom is 0.407 e. The van der Waals surface area contributed by atoms with E-state index in [-0.39, 0.29) is 37.4 Å². The van der Waals surface area contributed by atoms with Gasteiger partial charge in [0.2, 0.25) is 11.8 Å². The predicted molar refractivity (Wildman–Crippen MR) is 213 cm³/mol. The summed E-state index contributed by atoms with van der Waals surface area (Å²) in [6.45, 7) is 5.95. The number of urea groups is 1. The Morgan fingerprint density at radius 2 is 1.56 bits per heavy atom. The average Bonchev–Trinajstić information content (AvgIpc) is 3.65. The van der Waals surface area contributed by atoms with Gasteiger partial charge in [0.1, 0.15) is 12.6 Å². The summed E-state index contributed by atoms with van der Waals surface area (Å²) in [4.78, 5) is 62.2. The van der Waals surface area contributed by atoms with E-state index in [1.165, 1.54) is 11.1 Å². The van der Waals surface area contributed by atoms with Gasteiger partial charge in [0.05, 0.1) is 36.9 Å². The largest absolute Gasteiger partial charge is 0.444 e. The zero-order valence-corrected chi connectivity index (χ0v) is 33.0. The minimum Gasteiger partial charge on any atom is -0.444 e. The van der Waals surface area contributed by atoms with Crippen LogP contribution in [0.3, 0.4) is 0 Å². The molecule has 3 unspecified atom stereocenters. The Kier molecular flexibility index (Phi) is 17.1. The van der Waals surface area contributed by atoms with Crippen molar-refractivity contribution in [3.63, 3.8) is 0 Å². The van der Waals surface area contributed by atoms with Gasteiger partial charge >= 0.3 is 12.1 Å². The van der Waals surface area contributed by atoms with Crippen molar-refractivity contribution in [2.45, 2.75) is 76.5 Å². The van der Waals surface area contributed by atoms with E-state index in [2.05, 4.69) is 47.4 Å². The zero-order valence-electron chi connectivity index (χ0n) is 31.2. The van der Waals surface area contributed by atoms with Gasteiger partial charge in [-0.15, -0.1) is 24.0 Å². The average molecular weight is 780 g/mol. The molecule has 3 aromatic rings. The van der Waals surface area contributed by atoms with Crippen molar-refractivity contribution >= 4 is 47.9 Å². The molecule has 0 aliphatic carbocycles. The molecule has 1 aliphatic heterocycles. The van der Waals surface area contributed by atoms with Crippen LogP contribution in [0.4, 0.5) is 9.59 Å². The first-order valence-electron chi connectivity index (χ1n) is 18.2. The topological polar surface area (TPSA) is 168 Å². The quantitative estimate of drug-likeness (QED) is 0.117. The molecule has 1 saturated heterocycles. The van der Waals surface area contributed by atoms with Crippen molar-refractivity contribution in [2.75, 3.05) is 40.0 Å². The van der Waals surface area contributed by atoms with Gasteiger partial charge in [-0.05, 0) is 36.8 Å². The number of carbonyl (C=O) groups excluding carboxylic acids is 4. The fourth-order valence-corrected chi connectivity index (χ4v) is 6.80. The number of aromatic nitrogens is 1. The van der Waals surface area contributed by atoms with Gasteiger partial charge in [-0.1, -0.05) is 74.5 Å². The summed E-state index contributed by atoms with van der Waals surface area (Å²) in [5.41, 5.74) is 8.25. The van der Waals surface area contributed by atoms with E-state index in [0.29, 0.717) is 56.9 Å². The minimum absolute atomic E-state index is 0.0651. The maximum absolute atomic E-state index is 14.2. The van der Waals surface area contributed by atoms with Gasteiger partial charge < -0.3 is 41.0 Å². The Hall–Kier alpha value is -4.60. The van der Waals surface area contributed by atoms with Gasteiger partial charge in [0.25, 0.3) is 0 Å². The highest BCUT2D eigenvalue weighted by molar-refractivity contribution is 7.84. The molecule has 15 heteroatoms. The molecule has 5 N–H and O–H groups in total. The van der Waals surface area contributed by atoms with Crippen LogP contribution in [-0.2, 0) is 38.4 Å². The molecule has 2 heterocycles. The van der Waals surface area contributed by atoms with Crippen LogP contribution < -0.4 is 21.7 Å². The molecule has 5 amide bonds. The third-order valence-corrected chi connectivity index (χ3v) is 10.4. The van der Waals surface area contributed by atoms with E-state index in [0.717, 1.165) is 21.8 Å². The normalized spacial score (nSPS) is 14.8. The third-order valence-electron chi connectivity index (χ3n) is 8.89. The first kappa shape index (κ1) is 42.1. The molecule has 0 radical (unpaired) electrons. The van der Waals surface area contributed by atoms with Crippen LogP contribution in [-0.4, -0.2) is 96.8 Å². The molecule has 0 spiro atoms. The number of nitrogens with two attached hydrogens (primary N) is 1. The lowest BCUT2D eigenvalue weighted by molar-refractivity contribution is -0.138. The van der Waals surface area contributed by atoms with Gasteiger partial charge in [-0.2, -0.15) is 0 Å². The number of alkyl carbamates (subject to hydrolysis) is 1. The Balaban J connectivity index is 1.51. The highest BCUT2D eigenvalue weighted by atomic mass is 32.1. The highest BCUT2D eigenvalue weighted by Gasteiger charge is 2.30. The second-order valence-corrected chi connectivity index (χ2v) is 15.1. The maximum atomic E-state index is 14.2. The Bertz CT molecular complexity index is 1670. The van der Waals surface area contributed by atoms with Crippen LogP contribution in [0.25, 0.3) is 0 Å². The van der Waals surface area contributed by atoms with E-state index in [9.17, 15) is 19.2 Å². The lowest BCUT2D eigenvalue weighted by atomic mass is 9.95. The number of rotatable bonds is 18. The number of nitrogens with one attached hydrogen (secondary N) is 3. The summed E-state index contributed by atoms with van der Waals surface area (Å²) in [5.74, 6) is -0.456. The van der Waals surface area contributed by atoms with Crippen LogP contribution in [0.15, 0.2) is 77.1 Å². The van der Waals surface area contributed by atoms with Crippen molar-refractivity contribution in [3.05, 3.63) is 99.0 Å². The number of hydrogen-bond acceptors (Lipinski definition) is 10. The fraction of sp³-hybridized carbons (Fsp3) is 0.462. The second-order valence-electron chi connectivity index (χ2n) is 13.6. The molecule has 4 rings (SSSR count). The Labute approximate surface area is 327 Å². The van der Waals surface area contributed by atoms with Gasteiger partial charge in [-0.3, -0.25) is 9.59 Å². The molecule has 0 saturated carbocycles. The molecule has 13 nitrogen and oxygen atoms in total. The van der Waals surface area contributed by atoms with Crippen molar-refractivity contribution in [1.29, 1.82) is 0 Å². The smallest absolute Gasteiger partial charge is 0.407 e. The molecule has 1 aliphatic rings. The van der Waals surface area contributed by atoms with Crippen LogP contribution >= 0.6 is 24.0 Å². The van der Waals surface area contributed by atoms with Gasteiger partial charge in [0.15, 0.2) is 0 Å².